The van der Waals surface area contributed by atoms with Crippen molar-refractivity contribution in [2.75, 3.05) is 0 Å². The van der Waals surface area contributed by atoms with Gasteiger partial charge < -0.3 is 5.11 Å². The van der Waals surface area contributed by atoms with Crippen molar-refractivity contribution in [1.82, 2.24) is 0 Å². The highest BCUT2D eigenvalue weighted by atomic mass is 16.3. The van der Waals surface area contributed by atoms with Gasteiger partial charge in [0.2, 0.25) is 0 Å². The summed E-state index contributed by atoms with van der Waals surface area (Å²) in [5.74, 6) is 0.0819. The van der Waals surface area contributed by atoms with Gasteiger partial charge in [0.25, 0.3) is 0 Å². The minimum atomic E-state index is -0.937. The van der Waals surface area contributed by atoms with Gasteiger partial charge in [0.1, 0.15) is 5.60 Å². The number of carbonyl (C=O) groups is 1. The van der Waals surface area contributed by atoms with Gasteiger partial charge in [-0.05, 0) is 32.1 Å². The Morgan fingerprint density at radius 2 is 1.92 bits per heavy atom. The molecule has 0 atom stereocenters. The molecule has 0 bridgehead atoms. The zero-order valence-corrected chi connectivity index (χ0v) is 8.51. The number of unbranched alkanes of at least 4 members (excludes halogenated alkanes) is 2. The molecule has 1 fully saturated rings. The Morgan fingerprint density at radius 1 is 1.31 bits per heavy atom. The second kappa shape index (κ2) is 4.75. The van der Waals surface area contributed by atoms with Crippen molar-refractivity contribution in [1.29, 1.82) is 0 Å². The molecule has 0 radical (unpaired) electrons. The van der Waals surface area contributed by atoms with E-state index in [0.717, 1.165) is 32.1 Å². The van der Waals surface area contributed by atoms with E-state index in [0.29, 0.717) is 19.3 Å². The molecule has 1 saturated carbocycles. The summed E-state index contributed by atoms with van der Waals surface area (Å²) in [5, 5.41) is 9.91. The zero-order chi connectivity index (χ0) is 9.73. The molecule has 1 N–H and O–H groups in total. The molecule has 0 aromatic rings. The Hall–Kier alpha value is -0.370. The number of aliphatic hydroxyl groups is 1. The summed E-state index contributed by atoms with van der Waals surface area (Å²) >= 11 is 0. The Kier molecular flexibility index (Phi) is 3.91. The molecule has 0 spiro atoms. The van der Waals surface area contributed by atoms with E-state index in [1.807, 2.05) is 0 Å². The Bertz CT molecular complexity index is 169. The van der Waals surface area contributed by atoms with Gasteiger partial charge in [-0.1, -0.05) is 19.8 Å². The number of rotatable bonds is 5. The number of hydrogen-bond donors (Lipinski definition) is 1. The van der Waals surface area contributed by atoms with Crippen molar-refractivity contribution in [2.45, 2.75) is 63.9 Å². The molecule has 0 amide bonds. The monoisotopic (exact) mass is 184 g/mol. The first-order valence-electron chi connectivity index (χ1n) is 5.45. The highest BCUT2D eigenvalue weighted by molar-refractivity contribution is 5.87. The van der Waals surface area contributed by atoms with E-state index in [1.165, 1.54) is 0 Å². The molecule has 0 heterocycles. The van der Waals surface area contributed by atoms with Gasteiger partial charge in [0.15, 0.2) is 5.78 Å². The minimum Gasteiger partial charge on any atom is -0.382 e. The van der Waals surface area contributed by atoms with E-state index in [-0.39, 0.29) is 5.78 Å². The number of ketones is 1. The maximum atomic E-state index is 11.6. The molecule has 1 rings (SSSR count). The van der Waals surface area contributed by atoms with Gasteiger partial charge in [-0.2, -0.15) is 0 Å². The number of carbonyl (C=O) groups excluding carboxylic acids is 1. The number of hydrogen-bond acceptors (Lipinski definition) is 2. The lowest BCUT2D eigenvalue weighted by Crippen LogP contribution is -2.35. The summed E-state index contributed by atoms with van der Waals surface area (Å²) in [6.07, 6.45) is 7.15. The molecule has 0 aliphatic heterocycles. The van der Waals surface area contributed by atoms with Crippen LogP contribution in [0.15, 0.2) is 0 Å². The van der Waals surface area contributed by atoms with Gasteiger partial charge in [0.05, 0.1) is 0 Å². The van der Waals surface area contributed by atoms with Gasteiger partial charge in [-0.3, -0.25) is 4.79 Å². The van der Waals surface area contributed by atoms with E-state index in [2.05, 4.69) is 6.92 Å². The second-order valence-electron chi connectivity index (χ2n) is 4.12. The lowest BCUT2D eigenvalue weighted by Gasteiger charge is -2.19. The quantitative estimate of drug-likeness (QED) is 0.666. The highest BCUT2D eigenvalue weighted by Gasteiger charge is 2.37. The lowest BCUT2D eigenvalue weighted by molar-refractivity contribution is -0.136. The van der Waals surface area contributed by atoms with Gasteiger partial charge in [0, 0.05) is 6.42 Å². The third kappa shape index (κ3) is 2.80. The van der Waals surface area contributed by atoms with Crippen molar-refractivity contribution in [3.05, 3.63) is 0 Å². The van der Waals surface area contributed by atoms with Crippen LogP contribution < -0.4 is 0 Å². The van der Waals surface area contributed by atoms with Crippen molar-refractivity contribution in [2.24, 2.45) is 0 Å². The molecule has 13 heavy (non-hydrogen) atoms. The molecule has 76 valence electrons. The first-order chi connectivity index (χ1) is 6.19. The normalized spacial score (nSPS) is 20.5. The SMILES string of the molecule is CCCCCC(=O)C1(O)CCCC1. The lowest BCUT2D eigenvalue weighted by atomic mass is 9.93. The van der Waals surface area contributed by atoms with Crippen LogP contribution in [0.4, 0.5) is 0 Å². The van der Waals surface area contributed by atoms with Crippen LogP contribution >= 0.6 is 0 Å². The topological polar surface area (TPSA) is 37.3 Å². The van der Waals surface area contributed by atoms with Crippen molar-refractivity contribution in [3.63, 3.8) is 0 Å². The predicted molar refractivity (Wildman–Crippen MR) is 52.6 cm³/mol. The molecular weight excluding hydrogens is 164 g/mol. The summed E-state index contributed by atoms with van der Waals surface area (Å²) in [6, 6.07) is 0. The van der Waals surface area contributed by atoms with Crippen LogP contribution in [0.2, 0.25) is 0 Å². The second-order valence-corrected chi connectivity index (χ2v) is 4.12. The van der Waals surface area contributed by atoms with Crippen LogP contribution in [0.1, 0.15) is 58.3 Å². The molecule has 0 aromatic carbocycles. The van der Waals surface area contributed by atoms with E-state index in [1.54, 1.807) is 0 Å². The van der Waals surface area contributed by atoms with Crippen molar-refractivity contribution in [3.8, 4) is 0 Å². The zero-order valence-electron chi connectivity index (χ0n) is 8.51. The molecule has 2 heteroatoms. The molecule has 0 aromatic heterocycles. The summed E-state index contributed by atoms with van der Waals surface area (Å²) < 4.78 is 0. The van der Waals surface area contributed by atoms with E-state index in [4.69, 9.17) is 0 Å². The van der Waals surface area contributed by atoms with Gasteiger partial charge in [-0.15, -0.1) is 0 Å². The highest BCUT2D eigenvalue weighted by Crippen LogP contribution is 2.31. The van der Waals surface area contributed by atoms with Crippen LogP contribution in [0.5, 0.6) is 0 Å². The Morgan fingerprint density at radius 3 is 2.46 bits per heavy atom. The van der Waals surface area contributed by atoms with E-state index < -0.39 is 5.60 Å². The molecule has 1 aliphatic rings. The summed E-state index contributed by atoms with van der Waals surface area (Å²) in [6.45, 7) is 2.12. The van der Waals surface area contributed by atoms with Gasteiger partial charge in [-0.25, -0.2) is 0 Å². The average Bonchev–Trinajstić information content (AvgIpc) is 2.54. The van der Waals surface area contributed by atoms with E-state index in [9.17, 15) is 9.90 Å². The third-order valence-electron chi connectivity index (χ3n) is 2.96. The molecule has 2 nitrogen and oxygen atoms in total. The minimum absolute atomic E-state index is 0.0819. The van der Waals surface area contributed by atoms with Crippen LogP contribution in [0, 0.1) is 0 Å². The molecule has 0 saturated heterocycles. The first-order valence-corrected chi connectivity index (χ1v) is 5.45. The van der Waals surface area contributed by atoms with Gasteiger partial charge >= 0.3 is 0 Å². The van der Waals surface area contributed by atoms with Crippen LogP contribution in [0.3, 0.4) is 0 Å². The fourth-order valence-electron chi connectivity index (χ4n) is 2.01. The first kappa shape index (κ1) is 10.7. The summed E-state index contributed by atoms with van der Waals surface area (Å²) in [5.41, 5.74) is -0.937. The predicted octanol–water partition coefficient (Wildman–Crippen LogP) is 2.44. The summed E-state index contributed by atoms with van der Waals surface area (Å²) in [4.78, 5) is 11.6. The third-order valence-corrected chi connectivity index (χ3v) is 2.96. The van der Waals surface area contributed by atoms with Crippen molar-refractivity contribution < 1.29 is 9.90 Å². The van der Waals surface area contributed by atoms with Crippen molar-refractivity contribution >= 4 is 5.78 Å². The summed E-state index contributed by atoms with van der Waals surface area (Å²) in [7, 11) is 0. The standard InChI is InChI=1S/C11H20O2/c1-2-3-4-7-10(12)11(13)8-5-6-9-11/h13H,2-9H2,1H3. The molecule has 1 aliphatic carbocycles. The Balaban J connectivity index is 2.29. The Labute approximate surface area is 80.3 Å². The fraction of sp³-hybridized carbons (Fsp3) is 0.909. The van der Waals surface area contributed by atoms with Crippen LogP contribution in [-0.4, -0.2) is 16.5 Å². The molecule has 0 unspecified atom stereocenters. The van der Waals surface area contributed by atoms with Crippen LogP contribution in [0.25, 0.3) is 0 Å². The maximum Gasteiger partial charge on any atom is 0.164 e. The number of Topliss-reactive ketones (excluding diaryl/α,β-unsaturated/α-hetero) is 1. The fourth-order valence-corrected chi connectivity index (χ4v) is 2.01. The van der Waals surface area contributed by atoms with Crippen LogP contribution in [-0.2, 0) is 4.79 Å². The smallest absolute Gasteiger partial charge is 0.164 e. The molecular formula is C11H20O2. The average molecular weight is 184 g/mol. The van der Waals surface area contributed by atoms with E-state index >= 15 is 0 Å². The largest absolute Gasteiger partial charge is 0.382 e. The maximum absolute atomic E-state index is 11.6.